The quantitative estimate of drug-likeness (QED) is 0.412. The van der Waals surface area contributed by atoms with Gasteiger partial charge in [-0.3, -0.25) is 9.20 Å². The molecule has 1 aliphatic rings. The van der Waals surface area contributed by atoms with E-state index in [1.165, 1.54) is 27.7 Å². The Labute approximate surface area is 170 Å². The largest absolute Gasteiger partial charge is 0.337 e. The van der Waals surface area contributed by atoms with Gasteiger partial charge in [0.05, 0.1) is 17.6 Å². The Morgan fingerprint density at radius 3 is 2.82 bits per heavy atom. The first-order valence-electron chi connectivity index (χ1n) is 9.25. The monoisotopic (exact) mass is 409 g/mol. The molecule has 6 nitrogen and oxygen atoms in total. The van der Waals surface area contributed by atoms with Gasteiger partial charge in [0, 0.05) is 28.0 Å². The number of rotatable bonds is 4. The minimum Gasteiger partial charge on any atom is -0.337 e. The first-order chi connectivity index (χ1) is 13.7. The Balaban J connectivity index is 1.41. The highest BCUT2D eigenvalue weighted by atomic mass is 32.2. The lowest BCUT2D eigenvalue weighted by atomic mass is 10.0. The molecule has 0 bridgehead atoms. The topological polar surface area (TPSA) is 78.2 Å². The number of nitrogens with zero attached hydrogens (tertiary/aromatic N) is 4. The van der Waals surface area contributed by atoms with Crippen LogP contribution in [0.2, 0.25) is 0 Å². The average Bonchev–Trinajstić information content (AvgIpc) is 3.27. The van der Waals surface area contributed by atoms with E-state index in [1.807, 2.05) is 36.5 Å². The third-order valence-electron chi connectivity index (χ3n) is 4.93. The molecule has 0 unspecified atom stereocenters. The molecule has 0 saturated heterocycles. The summed E-state index contributed by atoms with van der Waals surface area (Å²) < 4.78 is 3.33. The molecule has 3 aromatic heterocycles. The molecule has 142 valence electrons. The van der Waals surface area contributed by atoms with Crippen molar-refractivity contribution >= 4 is 28.1 Å². The summed E-state index contributed by atoms with van der Waals surface area (Å²) in [4.78, 5) is 24.1. The number of benzene rings is 1. The van der Waals surface area contributed by atoms with Crippen LogP contribution >= 0.6 is 23.1 Å². The van der Waals surface area contributed by atoms with E-state index in [0.29, 0.717) is 10.9 Å². The molecule has 4 aromatic rings. The van der Waals surface area contributed by atoms with Crippen LogP contribution in [0.5, 0.6) is 0 Å². The minimum atomic E-state index is 0.0149. The molecular weight excluding hydrogens is 390 g/mol. The Bertz CT molecular complexity index is 1210. The standard InChI is InChI=1S/C20H19N5OS2/c21-24-11-15(13-6-2-1-3-7-13)23-19(24)27-12-14-10-18(26)25-16-8-4-5-9-17(16)28-20(25)22-14/h1-3,6-7,10-11H,4-5,8-9,12,21H2. The first kappa shape index (κ1) is 17.5. The van der Waals surface area contributed by atoms with Gasteiger partial charge in [0.1, 0.15) is 0 Å². The molecule has 0 radical (unpaired) electrons. The van der Waals surface area contributed by atoms with Crippen molar-refractivity contribution in [3.63, 3.8) is 0 Å². The van der Waals surface area contributed by atoms with Crippen LogP contribution in [-0.4, -0.2) is 19.0 Å². The van der Waals surface area contributed by atoms with Crippen LogP contribution in [0.3, 0.4) is 0 Å². The van der Waals surface area contributed by atoms with E-state index in [9.17, 15) is 4.79 Å². The highest BCUT2D eigenvalue weighted by Gasteiger charge is 2.18. The number of fused-ring (bicyclic) bond motifs is 3. The lowest BCUT2D eigenvalue weighted by Crippen LogP contribution is -2.17. The maximum absolute atomic E-state index is 12.7. The van der Waals surface area contributed by atoms with Crippen molar-refractivity contribution in [2.75, 3.05) is 5.84 Å². The lowest BCUT2D eigenvalue weighted by molar-refractivity contribution is 0.670. The van der Waals surface area contributed by atoms with Crippen molar-refractivity contribution in [3.8, 4) is 11.3 Å². The molecule has 0 fully saturated rings. The molecule has 0 aliphatic heterocycles. The van der Waals surface area contributed by atoms with Crippen LogP contribution in [0.15, 0.2) is 52.5 Å². The molecule has 28 heavy (non-hydrogen) atoms. The number of hydrogen-bond donors (Lipinski definition) is 1. The SMILES string of the molecule is Nn1cc(-c2ccccc2)nc1SCc1cc(=O)n2c3c(sc2n1)CCCC3. The van der Waals surface area contributed by atoms with Crippen LogP contribution in [0.25, 0.3) is 16.2 Å². The molecular formula is C20H19N5OS2. The van der Waals surface area contributed by atoms with E-state index >= 15 is 0 Å². The number of imidazole rings is 1. The molecule has 0 saturated carbocycles. The van der Waals surface area contributed by atoms with Gasteiger partial charge >= 0.3 is 0 Å². The van der Waals surface area contributed by atoms with Crippen molar-refractivity contribution in [2.45, 2.75) is 36.6 Å². The van der Waals surface area contributed by atoms with E-state index in [0.717, 1.165) is 46.9 Å². The number of hydrogen-bond acceptors (Lipinski definition) is 6. The summed E-state index contributed by atoms with van der Waals surface area (Å²) in [5.41, 5.74) is 3.79. The highest BCUT2D eigenvalue weighted by Crippen LogP contribution is 2.29. The second kappa shape index (κ2) is 7.10. The van der Waals surface area contributed by atoms with Crippen LogP contribution in [-0.2, 0) is 18.6 Å². The second-order valence-corrected chi connectivity index (χ2v) is 8.86. The van der Waals surface area contributed by atoms with Gasteiger partial charge in [-0.15, -0.1) is 11.3 Å². The molecule has 0 spiro atoms. The van der Waals surface area contributed by atoms with Crippen molar-refractivity contribution in [3.05, 3.63) is 69.2 Å². The summed E-state index contributed by atoms with van der Waals surface area (Å²) in [6.07, 6.45) is 6.18. The third-order valence-corrected chi connectivity index (χ3v) is 7.07. The molecule has 1 aliphatic carbocycles. The predicted octanol–water partition coefficient (Wildman–Crippen LogP) is 3.50. The van der Waals surface area contributed by atoms with Crippen molar-refractivity contribution < 1.29 is 0 Å². The van der Waals surface area contributed by atoms with E-state index < -0.39 is 0 Å². The molecule has 0 amide bonds. The maximum atomic E-state index is 12.7. The van der Waals surface area contributed by atoms with Gasteiger partial charge in [0.2, 0.25) is 0 Å². The van der Waals surface area contributed by atoms with Gasteiger partial charge in [0.15, 0.2) is 10.1 Å². The van der Waals surface area contributed by atoms with Crippen molar-refractivity contribution in [2.24, 2.45) is 0 Å². The van der Waals surface area contributed by atoms with Gasteiger partial charge in [-0.25, -0.2) is 14.6 Å². The number of nitrogens with two attached hydrogens (primary N) is 1. The van der Waals surface area contributed by atoms with Gasteiger partial charge in [-0.1, -0.05) is 42.1 Å². The molecule has 0 atom stereocenters. The molecule has 1 aromatic carbocycles. The van der Waals surface area contributed by atoms with E-state index in [4.69, 9.17) is 10.8 Å². The Hall–Kier alpha value is -2.58. The van der Waals surface area contributed by atoms with E-state index in [2.05, 4.69) is 4.98 Å². The predicted molar refractivity (Wildman–Crippen MR) is 113 cm³/mol. The number of aryl methyl sites for hydroxylation is 2. The number of thioether (sulfide) groups is 1. The summed E-state index contributed by atoms with van der Waals surface area (Å²) in [6, 6.07) is 11.6. The van der Waals surface area contributed by atoms with Crippen molar-refractivity contribution in [1.29, 1.82) is 0 Å². The number of nitrogen functional groups attached to an aromatic ring is 1. The smallest absolute Gasteiger partial charge is 0.259 e. The summed E-state index contributed by atoms with van der Waals surface area (Å²) in [5.74, 6) is 6.63. The Morgan fingerprint density at radius 2 is 1.96 bits per heavy atom. The summed E-state index contributed by atoms with van der Waals surface area (Å²) in [7, 11) is 0. The van der Waals surface area contributed by atoms with E-state index in [-0.39, 0.29) is 5.56 Å². The molecule has 8 heteroatoms. The van der Waals surface area contributed by atoms with Gasteiger partial charge in [-0.2, -0.15) is 0 Å². The van der Waals surface area contributed by atoms with Crippen LogP contribution in [0, 0.1) is 0 Å². The summed E-state index contributed by atoms with van der Waals surface area (Å²) in [5, 5.41) is 0.700. The zero-order valence-corrected chi connectivity index (χ0v) is 16.8. The van der Waals surface area contributed by atoms with Gasteiger partial charge < -0.3 is 5.84 Å². The number of aromatic nitrogens is 4. The first-order valence-corrected chi connectivity index (χ1v) is 11.0. The summed E-state index contributed by atoms with van der Waals surface area (Å²) in [6.45, 7) is 0. The lowest BCUT2D eigenvalue weighted by Gasteiger charge is -2.10. The van der Waals surface area contributed by atoms with Gasteiger partial charge in [0.25, 0.3) is 5.56 Å². The average molecular weight is 410 g/mol. The van der Waals surface area contributed by atoms with E-state index in [1.54, 1.807) is 21.8 Å². The Kier molecular flexibility index (Phi) is 4.44. The fraction of sp³-hybridized carbons (Fsp3) is 0.250. The normalized spacial score (nSPS) is 13.7. The van der Waals surface area contributed by atoms with Gasteiger partial charge in [-0.05, 0) is 25.7 Å². The maximum Gasteiger partial charge on any atom is 0.259 e. The van der Waals surface area contributed by atoms with Crippen molar-refractivity contribution in [1.82, 2.24) is 19.0 Å². The fourth-order valence-electron chi connectivity index (χ4n) is 3.59. The third kappa shape index (κ3) is 3.12. The minimum absolute atomic E-state index is 0.0149. The van der Waals surface area contributed by atoms with Crippen LogP contribution in [0.1, 0.15) is 29.1 Å². The fourth-order valence-corrected chi connectivity index (χ4v) is 5.61. The highest BCUT2D eigenvalue weighted by molar-refractivity contribution is 7.98. The zero-order valence-electron chi connectivity index (χ0n) is 15.2. The zero-order chi connectivity index (χ0) is 19.1. The van der Waals surface area contributed by atoms with Crippen LogP contribution < -0.4 is 11.4 Å². The number of thiazole rings is 1. The van der Waals surface area contributed by atoms with Crippen LogP contribution in [0.4, 0.5) is 0 Å². The Morgan fingerprint density at radius 1 is 1.14 bits per heavy atom. The second-order valence-electron chi connectivity index (χ2n) is 6.85. The summed E-state index contributed by atoms with van der Waals surface area (Å²) >= 11 is 3.14. The molecule has 2 N–H and O–H groups in total. The molecule has 5 rings (SSSR count). The molecule has 3 heterocycles.